The number of hydrogen-bond acceptors (Lipinski definition) is 2. The maximum atomic E-state index is 12.8. The highest BCUT2D eigenvalue weighted by Crippen LogP contribution is 2.32. The van der Waals surface area contributed by atoms with E-state index in [4.69, 9.17) is 4.74 Å². The van der Waals surface area contributed by atoms with Crippen molar-refractivity contribution >= 4 is 0 Å². The summed E-state index contributed by atoms with van der Waals surface area (Å²) in [5, 5.41) is 0. The molecule has 1 fully saturated rings. The molecule has 1 unspecified atom stereocenters. The van der Waals surface area contributed by atoms with Gasteiger partial charge in [0.25, 0.3) is 0 Å². The minimum absolute atomic E-state index is 0.101. The number of hydrogen-bond donors (Lipinski definition) is 0. The summed E-state index contributed by atoms with van der Waals surface area (Å²) in [6.45, 7) is 4.67. The highest BCUT2D eigenvalue weighted by atomic mass is 19.4. The lowest BCUT2D eigenvalue weighted by Gasteiger charge is -2.36. The Labute approximate surface area is 194 Å². The van der Waals surface area contributed by atoms with E-state index in [1.54, 1.807) is 12.1 Å². The van der Waals surface area contributed by atoms with Crippen molar-refractivity contribution in [3.05, 3.63) is 107 Å². The molecule has 4 rings (SSSR count). The Bertz CT molecular complexity index is 942. The average Bonchev–Trinajstić information content (AvgIpc) is 2.84. The molecule has 2 nitrogen and oxygen atoms in total. The minimum Gasteiger partial charge on any atom is -0.366 e. The first-order valence-corrected chi connectivity index (χ1v) is 11.5. The van der Waals surface area contributed by atoms with Crippen molar-refractivity contribution in [2.24, 2.45) is 5.92 Å². The standard InChI is InChI=1S/C28H30F3NO/c1-21(33-27(24-8-4-2-5-9-24)25-10-6-3-7-11-25)23-16-18-32(19-17-23)20-22-12-14-26(15-13-22)28(29,30)31/h2-15,21,23,27H,16-20H2,1H3. The van der Waals surface area contributed by atoms with Crippen LogP contribution in [0.1, 0.15) is 48.1 Å². The topological polar surface area (TPSA) is 12.5 Å². The van der Waals surface area contributed by atoms with Gasteiger partial charge < -0.3 is 4.74 Å². The van der Waals surface area contributed by atoms with Crippen LogP contribution in [0.2, 0.25) is 0 Å². The second-order valence-corrected chi connectivity index (χ2v) is 8.85. The van der Waals surface area contributed by atoms with Crippen LogP contribution >= 0.6 is 0 Å². The van der Waals surface area contributed by atoms with E-state index in [9.17, 15) is 13.2 Å². The third kappa shape index (κ3) is 6.24. The SMILES string of the molecule is CC(OC(c1ccccc1)c1ccccc1)C1CCN(Cc2ccc(C(F)(F)F)cc2)CC1. The van der Waals surface area contributed by atoms with Gasteiger partial charge in [0.2, 0.25) is 0 Å². The number of nitrogens with zero attached hydrogens (tertiary/aromatic N) is 1. The van der Waals surface area contributed by atoms with Crippen LogP contribution in [0.5, 0.6) is 0 Å². The second-order valence-electron chi connectivity index (χ2n) is 8.85. The zero-order chi connectivity index (χ0) is 23.3. The van der Waals surface area contributed by atoms with Gasteiger partial charge in [-0.15, -0.1) is 0 Å². The number of rotatable bonds is 7. The van der Waals surface area contributed by atoms with Crippen LogP contribution in [0.15, 0.2) is 84.9 Å². The lowest BCUT2D eigenvalue weighted by Crippen LogP contribution is -2.37. The van der Waals surface area contributed by atoms with Crippen molar-refractivity contribution in [2.75, 3.05) is 13.1 Å². The van der Waals surface area contributed by atoms with Gasteiger partial charge in [0.15, 0.2) is 0 Å². The molecular formula is C28H30F3NO. The van der Waals surface area contributed by atoms with E-state index in [-0.39, 0.29) is 12.2 Å². The Balaban J connectivity index is 1.34. The molecule has 0 aromatic heterocycles. The van der Waals surface area contributed by atoms with Crippen LogP contribution in [0, 0.1) is 5.92 Å². The summed E-state index contributed by atoms with van der Waals surface area (Å²) >= 11 is 0. The molecule has 1 saturated heterocycles. The van der Waals surface area contributed by atoms with Gasteiger partial charge in [0.1, 0.15) is 6.10 Å². The highest BCUT2D eigenvalue weighted by molar-refractivity contribution is 5.30. The molecule has 0 aliphatic carbocycles. The fraction of sp³-hybridized carbons (Fsp3) is 0.357. The van der Waals surface area contributed by atoms with E-state index < -0.39 is 11.7 Å². The monoisotopic (exact) mass is 453 g/mol. The number of piperidine rings is 1. The van der Waals surface area contributed by atoms with Gasteiger partial charge in [0, 0.05) is 6.54 Å². The highest BCUT2D eigenvalue weighted by Gasteiger charge is 2.30. The molecule has 1 atom stereocenters. The number of likely N-dealkylation sites (tertiary alicyclic amines) is 1. The van der Waals surface area contributed by atoms with Gasteiger partial charge in [-0.1, -0.05) is 72.8 Å². The first-order chi connectivity index (χ1) is 15.9. The molecule has 3 aromatic carbocycles. The Morgan fingerprint density at radius 2 is 1.33 bits per heavy atom. The Hall–Kier alpha value is -2.63. The first kappa shape index (κ1) is 23.5. The lowest BCUT2D eigenvalue weighted by molar-refractivity contribution is -0.137. The van der Waals surface area contributed by atoms with Gasteiger partial charge in [0.05, 0.1) is 11.7 Å². The van der Waals surface area contributed by atoms with E-state index >= 15 is 0 Å². The van der Waals surface area contributed by atoms with Crippen LogP contribution < -0.4 is 0 Å². The molecule has 3 aromatic rings. The van der Waals surface area contributed by atoms with E-state index in [0.29, 0.717) is 12.5 Å². The number of alkyl halides is 3. The van der Waals surface area contributed by atoms with Gasteiger partial charge in [-0.3, -0.25) is 4.90 Å². The zero-order valence-electron chi connectivity index (χ0n) is 18.8. The fourth-order valence-electron chi connectivity index (χ4n) is 4.57. The third-order valence-electron chi connectivity index (χ3n) is 6.54. The quantitative estimate of drug-likeness (QED) is 0.378. The number of ether oxygens (including phenoxy) is 1. The molecule has 0 bridgehead atoms. The smallest absolute Gasteiger partial charge is 0.366 e. The molecule has 0 saturated carbocycles. The second kappa shape index (κ2) is 10.5. The molecule has 0 amide bonds. The van der Waals surface area contributed by atoms with Crippen molar-refractivity contribution in [2.45, 2.75) is 44.7 Å². The van der Waals surface area contributed by atoms with Gasteiger partial charge in [-0.25, -0.2) is 0 Å². The first-order valence-electron chi connectivity index (χ1n) is 11.5. The van der Waals surface area contributed by atoms with E-state index in [1.807, 2.05) is 36.4 Å². The van der Waals surface area contributed by atoms with Crippen molar-refractivity contribution in [3.8, 4) is 0 Å². The van der Waals surface area contributed by atoms with Crippen LogP contribution in [0.25, 0.3) is 0 Å². The summed E-state index contributed by atoms with van der Waals surface area (Å²) in [6.07, 6.45) is -2.27. The van der Waals surface area contributed by atoms with Crippen LogP contribution in [0.3, 0.4) is 0 Å². The number of benzene rings is 3. The molecule has 5 heteroatoms. The fourth-order valence-corrected chi connectivity index (χ4v) is 4.57. The maximum absolute atomic E-state index is 12.8. The van der Waals surface area contributed by atoms with Crippen molar-refractivity contribution in [3.63, 3.8) is 0 Å². The average molecular weight is 454 g/mol. The van der Waals surface area contributed by atoms with E-state index in [0.717, 1.165) is 42.6 Å². The summed E-state index contributed by atoms with van der Waals surface area (Å²) in [6, 6.07) is 26.1. The van der Waals surface area contributed by atoms with Crippen LogP contribution in [-0.2, 0) is 17.5 Å². The summed E-state index contributed by atoms with van der Waals surface area (Å²) in [4.78, 5) is 2.32. The molecular weight excluding hydrogens is 423 g/mol. The Kier molecular flexibility index (Phi) is 7.51. The van der Waals surface area contributed by atoms with E-state index in [2.05, 4.69) is 36.1 Å². The van der Waals surface area contributed by atoms with Crippen molar-refractivity contribution in [1.29, 1.82) is 0 Å². The zero-order valence-corrected chi connectivity index (χ0v) is 18.8. The molecule has 0 radical (unpaired) electrons. The molecule has 1 heterocycles. The Morgan fingerprint density at radius 1 is 0.818 bits per heavy atom. The maximum Gasteiger partial charge on any atom is 0.416 e. The molecule has 174 valence electrons. The van der Waals surface area contributed by atoms with Gasteiger partial charge >= 0.3 is 6.18 Å². The van der Waals surface area contributed by atoms with Crippen LogP contribution in [-0.4, -0.2) is 24.1 Å². The molecule has 1 aliphatic rings. The summed E-state index contributed by atoms with van der Waals surface area (Å²) < 4.78 is 45.0. The third-order valence-corrected chi connectivity index (χ3v) is 6.54. The summed E-state index contributed by atoms with van der Waals surface area (Å²) in [5.74, 6) is 0.448. The van der Waals surface area contributed by atoms with Crippen LogP contribution in [0.4, 0.5) is 13.2 Å². The minimum atomic E-state index is -4.29. The summed E-state index contributed by atoms with van der Waals surface area (Å²) in [7, 11) is 0. The Morgan fingerprint density at radius 3 is 1.82 bits per heavy atom. The predicted molar refractivity (Wildman–Crippen MR) is 125 cm³/mol. The van der Waals surface area contributed by atoms with Gasteiger partial charge in [-0.2, -0.15) is 13.2 Å². The van der Waals surface area contributed by atoms with Crippen molar-refractivity contribution < 1.29 is 17.9 Å². The largest absolute Gasteiger partial charge is 0.416 e. The van der Waals surface area contributed by atoms with E-state index in [1.165, 1.54) is 12.1 Å². The number of halogens is 3. The molecule has 33 heavy (non-hydrogen) atoms. The lowest BCUT2D eigenvalue weighted by atomic mass is 9.91. The van der Waals surface area contributed by atoms with Gasteiger partial charge in [-0.05, 0) is 67.6 Å². The molecule has 1 aliphatic heterocycles. The summed E-state index contributed by atoms with van der Waals surface area (Å²) in [5.41, 5.74) is 2.62. The molecule has 0 spiro atoms. The van der Waals surface area contributed by atoms with Crippen molar-refractivity contribution in [1.82, 2.24) is 4.90 Å². The predicted octanol–water partition coefficient (Wildman–Crippen LogP) is 7.11. The molecule has 0 N–H and O–H groups in total. The normalized spacial score (nSPS) is 16.8.